The van der Waals surface area contributed by atoms with E-state index in [2.05, 4.69) is 36.1 Å². The van der Waals surface area contributed by atoms with Gasteiger partial charge in [0, 0.05) is 42.7 Å². The number of carbonyl (C=O) groups excluding carboxylic acids is 1. The lowest BCUT2D eigenvalue weighted by Crippen LogP contribution is -2.42. The molecule has 1 amide bonds. The highest BCUT2D eigenvalue weighted by Crippen LogP contribution is 2.32. The van der Waals surface area contributed by atoms with Crippen LogP contribution in [-0.4, -0.2) is 36.0 Å². The van der Waals surface area contributed by atoms with Crippen LogP contribution in [0.15, 0.2) is 36.4 Å². The van der Waals surface area contributed by atoms with Crippen LogP contribution >= 0.6 is 0 Å². The number of hydrogen-bond acceptors (Lipinski definition) is 3. The van der Waals surface area contributed by atoms with E-state index in [0.29, 0.717) is 11.8 Å². The van der Waals surface area contributed by atoms with Gasteiger partial charge in [-0.3, -0.25) is 9.78 Å². The number of hydrogen-bond donors (Lipinski definition) is 0. The SMILES string of the molecule is COc1ccccc1Cc1cc(C)nc([C@H]2CCCN(C(=O)C3CCCC3)C2)c1. The predicted octanol–water partition coefficient (Wildman–Crippen LogP) is 4.89. The summed E-state index contributed by atoms with van der Waals surface area (Å²) in [6.07, 6.45) is 7.58. The number of piperidine rings is 1. The Bertz CT molecular complexity index is 858. The molecule has 2 heterocycles. The van der Waals surface area contributed by atoms with Crippen molar-refractivity contribution in [1.82, 2.24) is 9.88 Å². The molecule has 0 unspecified atom stereocenters. The maximum Gasteiger partial charge on any atom is 0.225 e. The zero-order valence-corrected chi connectivity index (χ0v) is 17.7. The Morgan fingerprint density at radius 3 is 2.72 bits per heavy atom. The molecule has 0 bridgehead atoms. The molecule has 29 heavy (non-hydrogen) atoms. The van der Waals surface area contributed by atoms with Crippen LogP contribution in [0.4, 0.5) is 0 Å². The standard InChI is InChI=1S/C25H32N2O2/c1-18-14-19(15-21-10-5-6-12-24(21)29-2)16-23(26-18)22-11-7-13-27(17-22)25(28)20-8-3-4-9-20/h5-6,10,12,14,16,20,22H,3-4,7-9,11,13,15,17H2,1-2H3/t22-/m0/s1. The van der Waals surface area contributed by atoms with Gasteiger partial charge in [0.25, 0.3) is 0 Å². The molecule has 1 aliphatic carbocycles. The number of amides is 1. The second kappa shape index (κ2) is 8.98. The number of methoxy groups -OCH3 is 1. The Kier molecular flexibility index (Phi) is 6.17. The van der Waals surface area contributed by atoms with E-state index in [1.54, 1.807) is 7.11 Å². The number of pyridine rings is 1. The van der Waals surface area contributed by atoms with E-state index in [-0.39, 0.29) is 5.92 Å². The zero-order valence-electron chi connectivity index (χ0n) is 17.7. The summed E-state index contributed by atoms with van der Waals surface area (Å²) >= 11 is 0. The van der Waals surface area contributed by atoms with Crippen molar-refractivity contribution < 1.29 is 9.53 Å². The van der Waals surface area contributed by atoms with E-state index in [1.807, 2.05) is 12.1 Å². The number of nitrogens with zero attached hydrogens (tertiary/aromatic N) is 2. The number of aromatic nitrogens is 1. The number of likely N-dealkylation sites (tertiary alicyclic amines) is 1. The number of ether oxygens (including phenoxy) is 1. The van der Waals surface area contributed by atoms with Crippen molar-refractivity contribution in [3.63, 3.8) is 0 Å². The van der Waals surface area contributed by atoms with Gasteiger partial charge in [-0.2, -0.15) is 0 Å². The number of carbonyl (C=O) groups is 1. The first-order valence-electron chi connectivity index (χ1n) is 11.0. The number of rotatable bonds is 5. The molecule has 0 spiro atoms. The van der Waals surface area contributed by atoms with Crippen LogP contribution in [-0.2, 0) is 11.2 Å². The number of aryl methyl sites for hydroxylation is 1. The van der Waals surface area contributed by atoms with Crippen LogP contribution in [0.3, 0.4) is 0 Å². The summed E-state index contributed by atoms with van der Waals surface area (Å²) in [7, 11) is 1.72. The highest BCUT2D eigenvalue weighted by molar-refractivity contribution is 5.79. The lowest BCUT2D eigenvalue weighted by Gasteiger charge is -2.34. The monoisotopic (exact) mass is 392 g/mol. The molecule has 1 aliphatic heterocycles. The maximum absolute atomic E-state index is 12.9. The van der Waals surface area contributed by atoms with Crippen LogP contribution in [0.5, 0.6) is 5.75 Å². The maximum atomic E-state index is 12.9. The first kappa shape index (κ1) is 19.9. The second-order valence-electron chi connectivity index (χ2n) is 8.64. The normalized spacial score (nSPS) is 20.1. The lowest BCUT2D eigenvalue weighted by atomic mass is 9.91. The minimum Gasteiger partial charge on any atom is -0.496 e. The summed E-state index contributed by atoms with van der Waals surface area (Å²) < 4.78 is 5.52. The molecular weight excluding hydrogens is 360 g/mol. The van der Waals surface area contributed by atoms with Gasteiger partial charge in [-0.25, -0.2) is 0 Å². The van der Waals surface area contributed by atoms with Crippen molar-refractivity contribution in [2.75, 3.05) is 20.2 Å². The lowest BCUT2D eigenvalue weighted by molar-refractivity contribution is -0.136. The summed E-state index contributed by atoms with van der Waals surface area (Å²) in [5.41, 5.74) is 4.63. The number of benzene rings is 1. The van der Waals surface area contributed by atoms with Crippen LogP contribution in [0.1, 0.15) is 67.0 Å². The van der Waals surface area contributed by atoms with E-state index in [4.69, 9.17) is 9.72 Å². The summed E-state index contributed by atoms with van der Waals surface area (Å²) in [5.74, 6) is 1.91. The Morgan fingerprint density at radius 2 is 1.93 bits per heavy atom. The largest absolute Gasteiger partial charge is 0.496 e. The third-order valence-electron chi connectivity index (χ3n) is 6.48. The Hall–Kier alpha value is -2.36. The molecule has 4 rings (SSSR count). The van der Waals surface area contributed by atoms with Crippen LogP contribution in [0.2, 0.25) is 0 Å². The van der Waals surface area contributed by atoms with E-state index < -0.39 is 0 Å². The summed E-state index contributed by atoms with van der Waals surface area (Å²) in [5, 5.41) is 0. The van der Waals surface area contributed by atoms with Crippen molar-refractivity contribution in [3.05, 3.63) is 58.9 Å². The predicted molar refractivity (Wildman–Crippen MR) is 115 cm³/mol. The first-order valence-corrected chi connectivity index (χ1v) is 11.0. The van der Waals surface area contributed by atoms with Crippen molar-refractivity contribution in [2.24, 2.45) is 5.92 Å². The van der Waals surface area contributed by atoms with Gasteiger partial charge in [-0.05, 0) is 61.9 Å². The minimum absolute atomic E-state index is 0.264. The van der Waals surface area contributed by atoms with Crippen molar-refractivity contribution in [1.29, 1.82) is 0 Å². The molecule has 0 N–H and O–H groups in total. The average molecular weight is 393 g/mol. The van der Waals surface area contributed by atoms with Crippen molar-refractivity contribution in [2.45, 2.75) is 57.8 Å². The molecule has 4 nitrogen and oxygen atoms in total. The molecule has 1 saturated carbocycles. The Balaban J connectivity index is 1.51. The van der Waals surface area contributed by atoms with Gasteiger partial charge in [-0.15, -0.1) is 0 Å². The molecule has 1 aromatic carbocycles. The smallest absolute Gasteiger partial charge is 0.225 e. The Morgan fingerprint density at radius 1 is 1.14 bits per heavy atom. The van der Waals surface area contributed by atoms with Gasteiger partial charge in [0.1, 0.15) is 5.75 Å². The van der Waals surface area contributed by atoms with Gasteiger partial charge < -0.3 is 9.64 Å². The molecule has 154 valence electrons. The summed E-state index contributed by atoms with van der Waals surface area (Å²) in [6.45, 7) is 3.80. The van der Waals surface area contributed by atoms with Crippen molar-refractivity contribution >= 4 is 5.91 Å². The zero-order chi connectivity index (χ0) is 20.2. The fraction of sp³-hybridized carbons (Fsp3) is 0.520. The molecule has 2 fully saturated rings. The minimum atomic E-state index is 0.264. The molecule has 4 heteroatoms. The average Bonchev–Trinajstić information content (AvgIpc) is 3.28. The molecular formula is C25H32N2O2. The molecule has 0 radical (unpaired) electrons. The highest BCUT2D eigenvalue weighted by Gasteiger charge is 2.31. The van der Waals surface area contributed by atoms with Gasteiger partial charge in [-0.1, -0.05) is 31.0 Å². The molecule has 2 aromatic rings. The van der Waals surface area contributed by atoms with Crippen LogP contribution in [0.25, 0.3) is 0 Å². The summed E-state index contributed by atoms with van der Waals surface area (Å²) in [6, 6.07) is 12.6. The van der Waals surface area contributed by atoms with Gasteiger partial charge >= 0.3 is 0 Å². The van der Waals surface area contributed by atoms with E-state index in [0.717, 1.165) is 62.3 Å². The molecule has 2 aliphatic rings. The fourth-order valence-electron chi connectivity index (χ4n) is 5.00. The van der Waals surface area contributed by atoms with Gasteiger partial charge in [0.05, 0.1) is 7.11 Å². The van der Waals surface area contributed by atoms with Gasteiger partial charge in [0.15, 0.2) is 0 Å². The molecule has 1 atom stereocenters. The van der Waals surface area contributed by atoms with E-state index in [9.17, 15) is 4.79 Å². The molecule has 1 aromatic heterocycles. The van der Waals surface area contributed by atoms with Crippen molar-refractivity contribution in [3.8, 4) is 5.75 Å². The fourth-order valence-corrected chi connectivity index (χ4v) is 5.00. The topological polar surface area (TPSA) is 42.4 Å². The van der Waals surface area contributed by atoms with E-state index >= 15 is 0 Å². The third-order valence-corrected chi connectivity index (χ3v) is 6.48. The number of para-hydroxylation sites is 1. The van der Waals surface area contributed by atoms with Crippen LogP contribution in [0, 0.1) is 12.8 Å². The third kappa shape index (κ3) is 4.63. The van der Waals surface area contributed by atoms with Crippen LogP contribution < -0.4 is 4.74 Å². The highest BCUT2D eigenvalue weighted by atomic mass is 16.5. The second-order valence-corrected chi connectivity index (χ2v) is 8.64. The van der Waals surface area contributed by atoms with E-state index in [1.165, 1.54) is 24.0 Å². The van der Waals surface area contributed by atoms with Gasteiger partial charge in [0.2, 0.25) is 5.91 Å². The quantitative estimate of drug-likeness (QED) is 0.728. The molecule has 1 saturated heterocycles. The first-order chi connectivity index (χ1) is 14.1. The summed E-state index contributed by atoms with van der Waals surface area (Å²) in [4.78, 5) is 19.9. The Labute approximate surface area is 174 Å².